The molecule has 0 aliphatic rings. The van der Waals surface area contributed by atoms with Gasteiger partial charge in [0.1, 0.15) is 17.6 Å². The highest BCUT2D eigenvalue weighted by molar-refractivity contribution is 6.02. The first kappa shape index (κ1) is 17.6. The van der Waals surface area contributed by atoms with Gasteiger partial charge in [-0.2, -0.15) is 0 Å². The Morgan fingerprint density at radius 2 is 1.47 bits per heavy atom. The summed E-state index contributed by atoms with van der Waals surface area (Å²) in [4.78, 5) is 35.6. The summed E-state index contributed by atoms with van der Waals surface area (Å²) in [6.45, 7) is 5.19. The Hall–Kier alpha value is -1.43. The molecule has 0 spiro atoms. The van der Waals surface area contributed by atoms with E-state index in [1.54, 1.807) is 20.8 Å². The molecule has 2 atom stereocenters. The molecule has 0 aromatic heterocycles. The zero-order chi connectivity index (χ0) is 14.8. The van der Waals surface area contributed by atoms with E-state index in [9.17, 15) is 14.4 Å². The van der Waals surface area contributed by atoms with Crippen molar-refractivity contribution in [3.63, 3.8) is 0 Å². The standard InChI is InChI=1S/C13H22O6/c1-5-10(14)11(13(16)19-7-3)9(8-17-4)12(15)18-6-2/h9,11H,5-8H2,1-4H3/t9-,11+/m1/s1. The first-order valence-electron chi connectivity index (χ1n) is 6.38. The van der Waals surface area contributed by atoms with Crippen LogP contribution in [0.15, 0.2) is 0 Å². The van der Waals surface area contributed by atoms with Crippen molar-refractivity contribution in [2.75, 3.05) is 26.9 Å². The van der Waals surface area contributed by atoms with Gasteiger partial charge in [0.25, 0.3) is 0 Å². The summed E-state index contributed by atoms with van der Waals surface area (Å²) in [7, 11) is 1.39. The molecule has 0 aliphatic carbocycles. The maximum atomic E-state index is 11.9. The molecule has 0 heterocycles. The Kier molecular flexibility index (Phi) is 8.78. The van der Waals surface area contributed by atoms with E-state index >= 15 is 0 Å². The SMILES string of the molecule is CCOC(=O)[C@H](C(=O)CC)[C@@H](COC)C(=O)OCC. The quantitative estimate of drug-likeness (QED) is 0.460. The maximum absolute atomic E-state index is 11.9. The molecule has 0 aromatic carbocycles. The lowest BCUT2D eigenvalue weighted by Gasteiger charge is -2.22. The van der Waals surface area contributed by atoms with Gasteiger partial charge in [-0.3, -0.25) is 14.4 Å². The molecule has 0 rings (SSSR count). The molecule has 0 fully saturated rings. The van der Waals surface area contributed by atoms with Gasteiger partial charge in [0.2, 0.25) is 0 Å². The minimum atomic E-state index is -1.16. The van der Waals surface area contributed by atoms with Gasteiger partial charge in [-0.15, -0.1) is 0 Å². The van der Waals surface area contributed by atoms with E-state index in [4.69, 9.17) is 14.2 Å². The van der Waals surface area contributed by atoms with Crippen LogP contribution in [-0.2, 0) is 28.6 Å². The van der Waals surface area contributed by atoms with Gasteiger partial charge in [0.15, 0.2) is 0 Å². The fourth-order valence-corrected chi connectivity index (χ4v) is 1.70. The molecule has 110 valence electrons. The minimum absolute atomic E-state index is 0.0615. The summed E-state index contributed by atoms with van der Waals surface area (Å²) < 4.78 is 14.7. The molecule has 0 unspecified atom stereocenters. The van der Waals surface area contributed by atoms with Crippen LogP contribution in [-0.4, -0.2) is 44.7 Å². The van der Waals surface area contributed by atoms with Crippen molar-refractivity contribution >= 4 is 17.7 Å². The fraction of sp³-hybridized carbons (Fsp3) is 0.769. The largest absolute Gasteiger partial charge is 0.466 e. The molecule has 0 N–H and O–H groups in total. The fourth-order valence-electron chi connectivity index (χ4n) is 1.70. The number of hydrogen-bond acceptors (Lipinski definition) is 6. The van der Waals surface area contributed by atoms with Crippen LogP contribution in [0.4, 0.5) is 0 Å². The smallest absolute Gasteiger partial charge is 0.317 e. The Bertz CT molecular complexity index is 312. The Balaban J connectivity index is 5.17. The topological polar surface area (TPSA) is 78.9 Å². The Morgan fingerprint density at radius 1 is 0.947 bits per heavy atom. The van der Waals surface area contributed by atoms with Crippen molar-refractivity contribution in [1.82, 2.24) is 0 Å². The second kappa shape index (κ2) is 9.49. The number of ether oxygens (including phenoxy) is 3. The number of methoxy groups -OCH3 is 1. The lowest BCUT2D eigenvalue weighted by Crippen LogP contribution is -2.40. The molecule has 19 heavy (non-hydrogen) atoms. The van der Waals surface area contributed by atoms with Crippen molar-refractivity contribution in [2.24, 2.45) is 11.8 Å². The average molecular weight is 274 g/mol. The number of carbonyl (C=O) groups is 3. The number of esters is 2. The number of carbonyl (C=O) groups excluding carboxylic acids is 3. The van der Waals surface area contributed by atoms with Crippen molar-refractivity contribution in [3.8, 4) is 0 Å². The van der Waals surface area contributed by atoms with Gasteiger partial charge < -0.3 is 14.2 Å². The Morgan fingerprint density at radius 3 is 1.89 bits per heavy atom. The molecule has 0 saturated carbocycles. The van der Waals surface area contributed by atoms with Crippen LogP contribution in [0, 0.1) is 11.8 Å². The van der Waals surface area contributed by atoms with Crippen LogP contribution in [0.5, 0.6) is 0 Å². The highest BCUT2D eigenvalue weighted by atomic mass is 16.5. The summed E-state index contributed by atoms with van der Waals surface area (Å²) in [5.41, 5.74) is 0. The molecule has 0 bridgehead atoms. The van der Waals surface area contributed by atoms with E-state index in [0.29, 0.717) is 0 Å². The predicted octanol–water partition coefficient (Wildman–Crippen LogP) is 0.970. The molecule has 0 amide bonds. The number of rotatable bonds is 9. The van der Waals surface area contributed by atoms with Crippen molar-refractivity contribution in [2.45, 2.75) is 27.2 Å². The van der Waals surface area contributed by atoms with Gasteiger partial charge >= 0.3 is 11.9 Å². The highest BCUT2D eigenvalue weighted by Gasteiger charge is 2.40. The normalized spacial score (nSPS) is 13.5. The summed E-state index contributed by atoms with van der Waals surface area (Å²) >= 11 is 0. The third kappa shape index (κ3) is 5.38. The summed E-state index contributed by atoms with van der Waals surface area (Å²) in [6, 6.07) is 0. The van der Waals surface area contributed by atoms with Gasteiger partial charge in [-0.1, -0.05) is 6.92 Å². The number of hydrogen-bond donors (Lipinski definition) is 0. The van der Waals surface area contributed by atoms with E-state index in [1.807, 2.05) is 0 Å². The first-order valence-corrected chi connectivity index (χ1v) is 6.38. The van der Waals surface area contributed by atoms with Crippen LogP contribution in [0.1, 0.15) is 27.2 Å². The predicted molar refractivity (Wildman–Crippen MR) is 67.4 cm³/mol. The summed E-state index contributed by atoms with van der Waals surface area (Å²) in [5, 5.41) is 0. The van der Waals surface area contributed by atoms with E-state index in [0.717, 1.165) is 0 Å². The van der Waals surface area contributed by atoms with Crippen molar-refractivity contribution in [1.29, 1.82) is 0 Å². The molecule has 6 heteroatoms. The summed E-state index contributed by atoms with van der Waals surface area (Å²) in [5.74, 6) is -3.80. The summed E-state index contributed by atoms with van der Waals surface area (Å²) in [6.07, 6.45) is 0.142. The molecular formula is C13H22O6. The minimum Gasteiger partial charge on any atom is -0.466 e. The van der Waals surface area contributed by atoms with E-state index in [1.165, 1.54) is 7.11 Å². The van der Waals surface area contributed by atoms with Gasteiger partial charge in [-0.05, 0) is 13.8 Å². The van der Waals surface area contributed by atoms with E-state index < -0.39 is 23.8 Å². The monoisotopic (exact) mass is 274 g/mol. The molecule has 0 aromatic rings. The van der Waals surface area contributed by atoms with Gasteiger partial charge in [0.05, 0.1) is 19.8 Å². The zero-order valence-electron chi connectivity index (χ0n) is 11.9. The van der Waals surface area contributed by atoms with Crippen LogP contribution >= 0.6 is 0 Å². The van der Waals surface area contributed by atoms with E-state index in [-0.39, 0.29) is 32.0 Å². The van der Waals surface area contributed by atoms with Crippen molar-refractivity contribution < 1.29 is 28.6 Å². The van der Waals surface area contributed by atoms with Gasteiger partial charge in [-0.25, -0.2) is 0 Å². The van der Waals surface area contributed by atoms with Gasteiger partial charge in [0, 0.05) is 13.5 Å². The first-order chi connectivity index (χ1) is 9.03. The average Bonchev–Trinajstić information content (AvgIpc) is 2.38. The van der Waals surface area contributed by atoms with Crippen LogP contribution in [0.3, 0.4) is 0 Å². The maximum Gasteiger partial charge on any atom is 0.317 e. The number of ketones is 1. The number of Topliss-reactive ketones (excluding diaryl/α,β-unsaturated/α-hetero) is 1. The molecule has 0 saturated heterocycles. The second-order valence-electron chi connectivity index (χ2n) is 3.86. The molecule has 0 radical (unpaired) electrons. The third-order valence-corrected chi connectivity index (χ3v) is 2.57. The zero-order valence-corrected chi connectivity index (χ0v) is 11.9. The molecule has 6 nitrogen and oxygen atoms in total. The highest BCUT2D eigenvalue weighted by Crippen LogP contribution is 2.19. The Labute approximate surface area is 113 Å². The van der Waals surface area contributed by atoms with Crippen LogP contribution < -0.4 is 0 Å². The third-order valence-electron chi connectivity index (χ3n) is 2.57. The lowest BCUT2D eigenvalue weighted by atomic mass is 9.88. The van der Waals surface area contributed by atoms with Crippen LogP contribution in [0.25, 0.3) is 0 Å². The van der Waals surface area contributed by atoms with Crippen molar-refractivity contribution in [3.05, 3.63) is 0 Å². The molecular weight excluding hydrogens is 252 g/mol. The second-order valence-corrected chi connectivity index (χ2v) is 3.86. The molecule has 0 aliphatic heterocycles. The lowest BCUT2D eigenvalue weighted by molar-refractivity contribution is -0.165. The van der Waals surface area contributed by atoms with Crippen LogP contribution in [0.2, 0.25) is 0 Å². The van der Waals surface area contributed by atoms with E-state index in [2.05, 4.69) is 0 Å².